The molecule has 0 saturated carbocycles. The number of imidazole rings is 1. The van der Waals surface area contributed by atoms with Crippen molar-refractivity contribution in [3.05, 3.63) is 40.7 Å². The van der Waals surface area contributed by atoms with E-state index in [9.17, 15) is 5.11 Å². The fraction of sp³-hybridized carbons (Fsp3) is 0.333. The number of fused-ring (bicyclic) bond motifs is 1. The smallest absolute Gasteiger partial charge is 0.212 e. The summed E-state index contributed by atoms with van der Waals surface area (Å²) in [6, 6.07) is 7.49. The van der Waals surface area contributed by atoms with Crippen molar-refractivity contribution < 1.29 is 14.6 Å². The molecule has 0 amide bonds. The maximum Gasteiger partial charge on any atom is 0.212 e. The van der Waals surface area contributed by atoms with Gasteiger partial charge in [0.05, 0.1) is 24.6 Å². The van der Waals surface area contributed by atoms with Crippen molar-refractivity contribution >= 4 is 16.3 Å². The molecule has 0 aliphatic heterocycles. The van der Waals surface area contributed by atoms with Gasteiger partial charge in [-0.3, -0.25) is 0 Å². The van der Waals surface area contributed by atoms with Gasteiger partial charge in [-0.1, -0.05) is 11.3 Å². The molecular weight excluding hydrogens is 302 g/mol. The molecule has 0 fully saturated rings. The first-order valence-corrected chi connectivity index (χ1v) is 7.83. The van der Waals surface area contributed by atoms with Gasteiger partial charge in [0.15, 0.2) is 5.01 Å². The summed E-state index contributed by atoms with van der Waals surface area (Å²) in [7, 11) is 0. The molecule has 3 aromatic rings. The molecule has 0 unspecified atom stereocenters. The summed E-state index contributed by atoms with van der Waals surface area (Å²) in [5, 5.41) is 14.6. The van der Waals surface area contributed by atoms with Gasteiger partial charge in [0, 0.05) is 0 Å². The van der Waals surface area contributed by atoms with Crippen molar-refractivity contribution in [3.63, 3.8) is 0 Å². The second-order valence-electron chi connectivity index (χ2n) is 4.69. The molecule has 0 atom stereocenters. The summed E-state index contributed by atoms with van der Waals surface area (Å²) in [6.07, 6.45) is 0. The largest absolute Gasteiger partial charge is 0.494 e. The van der Waals surface area contributed by atoms with E-state index in [1.807, 2.05) is 38.1 Å². The molecule has 0 spiro atoms. The molecule has 116 valence electrons. The molecule has 3 rings (SSSR count). The van der Waals surface area contributed by atoms with Crippen LogP contribution < -0.4 is 9.47 Å². The first-order valence-electron chi connectivity index (χ1n) is 7.01. The minimum atomic E-state index is -0.0735. The van der Waals surface area contributed by atoms with Crippen LogP contribution in [0.3, 0.4) is 0 Å². The highest BCUT2D eigenvalue weighted by atomic mass is 32.1. The number of ether oxygens (including phenoxy) is 2. The third kappa shape index (κ3) is 2.90. The minimum absolute atomic E-state index is 0.0735. The lowest BCUT2D eigenvalue weighted by atomic mass is 10.3. The van der Waals surface area contributed by atoms with Gasteiger partial charge in [0.25, 0.3) is 0 Å². The Morgan fingerprint density at radius 2 is 1.86 bits per heavy atom. The van der Waals surface area contributed by atoms with Crippen LogP contribution in [0.1, 0.15) is 23.3 Å². The molecule has 0 saturated heterocycles. The van der Waals surface area contributed by atoms with Crippen molar-refractivity contribution in [1.29, 1.82) is 0 Å². The molecule has 1 aromatic carbocycles. The molecule has 7 heteroatoms. The van der Waals surface area contributed by atoms with Crippen LogP contribution in [0.4, 0.5) is 0 Å². The Balaban J connectivity index is 1.69. The number of hydrogen-bond acceptors (Lipinski definition) is 6. The van der Waals surface area contributed by atoms with E-state index in [4.69, 9.17) is 9.47 Å². The topological polar surface area (TPSA) is 68.9 Å². The van der Waals surface area contributed by atoms with E-state index >= 15 is 0 Å². The number of aliphatic hydroxyl groups excluding tert-OH is 1. The molecule has 0 aliphatic carbocycles. The van der Waals surface area contributed by atoms with Crippen LogP contribution in [-0.2, 0) is 13.2 Å². The summed E-state index contributed by atoms with van der Waals surface area (Å²) in [5.74, 6) is 1.58. The lowest BCUT2D eigenvalue weighted by Crippen LogP contribution is -1.99. The Bertz CT molecular complexity index is 764. The third-order valence-corrected chi connectivity index (χ3v) is 4.07. The lowest BCUT2D eigenvalue weighted by Gasteiger charge is -2.06. The van der Waals surface area contributed by atoms with Crippen LogP contribution in [0.15, 0.2) is 24.3 Å². The second-order valence-corrected chi connectivity index (χ2v) is 5.73. The van der Waals surface area contributed by atoms with Crippen LogP contribution in [0.25, 0.3) is 4.96 Å². The molecule has 2 heterocycles. The predicted molar refractivity (Wildman–Crippen MR) is 83.5 cm³/mol. The van der Waals surface area contributed by atoms with Gasteiger partial charge in [0.2, 0.25) is 4.96 Å². The van der Waals surface area contributed by atoms with Gasteiger partial charge in [-0.2, -0.15) is 5.10 Å². The SMILES string of the molecule is CCOc1ccc(OCc2nn3c(CO)c(C)nc3s2)cc1. The number of aromatic nitrogens is 3. The molecule has 0 radical (unpaired) electrons. The number of aryl methyl sites for hydroxylation is 1. The number of nitrogens with zero attached hydrogens (tertiary/aromatic N) is 3. The molecule has 0 bridgehead atoms. The van der Waals surface area contributed by atoms with E-state index in [-0.39, 0.29) is 6.61 Å². The van der Waals surface area contributed by atoms with Crippen LogP contribution in [0, 0.1) is 6.92 Å². The number of aliphatic hydroxyl groups is 1. The molecule has 2 aromatic heterocycles. The van der Waals surface area contributed by atoms with Gasteiger partial charge in [0.1, 0.15) is 18.1 Å². The fourth-order valence-electron chi connectivity index (χ4n) is 2.11. The van der Waals surface area contributed by atoms with Crippen LogP contribution in [0.2, 0.25) is 0 Å². The first-order chi connectivity index (χ1) is 10.7. The first kappa shape index (κ1) is 14.8. The summed E-state index contributed by atoms with van der Waals surface area (Å²) >= 11 is 1.46. The second kappa shape index (κ2) is 6.33. The summed E-state index contributed by atoms with van der Waals surface area (Å²) in [5.41, 5.74) is 1.53. The van der Waals surface area contributed by atoms with E-state index in [0.717, 1.165) is 32.9 Å². The summed E-state index contributed by atoms with van der Waals surface area (Å²) in [4.78, 5) is 5.15. The lowest BCUT2D eigenvalue weighted by molar-refractivity contribution is 0.272. The van der Waals surface area contributed by atoms with E-state index < -0.39 is 0 Å². The van der Waals surface area contributed by atoms with Crippen molar-refractivity contribution in [2.45, 2.75) is 27.1 Å². The van der Waals surface area contributed by atoms with Crippen molar-refractivity contribution in [3.8, 4) is 11.5 Å². The van der Waals surface area contributed by atoms with E-state index in [2.05, 4.69) is 10.1 Å². The Hall–Kier alpha value is -2.12. The van der Waals surface area contributed by atoms with Gasteiger partial charge in [-0.15, -0.1) is 0 Å². The minimum Gasteiger partial charge on any atom is -0.494 e. The Labute approximate surface area is 132 Å². The monoisotopic (exact) mass is 319 g/mol. The van der Waals surface area contributed by atoms with Crippen molar-refractivity contribution in [1.82, 2.24) is 14.6 Å². The maximum atomic E-state index is 9.35. The summed E-state index contributed by atoms with van der Waals surface area (Å²) < 4.78 is 12.8. The zero-order chi connectivity index (χ0) is 15.5. The molecule has 22 heavy (non-hydrogen) atoms. The number of hydrogen-bond donors (Lipinski definition) is 1. The van der Waals surface area contributed by atoms with Gasteiger partial charge >= 0.3 is 0 Å². The third-order valence-electron chi connectivity index (χ3n) is 3.19. The van der Waals surface area contributed by atoms with Gasteiger partial charge in [-0.05, 0) is 38.1 Å². The van der Waals surface area contributed by atoms with Crippen LogP contribution in [0.5, 0.6) is 11.5 Å². The number of benzene rings is 1. The Morgan fingerprint density at radius 3 is 2.50 bits per heavy atom. The van der Waals surface area contributed by atoms with Crippen molar-refractivity contribution in [2.24, 2.45) is 0 Å². The van der Waals surface area contributed by atoms with Crippen LogP contribution in [-0.4, -0.2) is 26.3 Å². The van der Waals surface area contributed by atoms with E-state index in [1.54, 1.807) is 4.52 Å². The van der Waals surface area contributed by atoms with Crippen LogP contribution >= 0.6 is 11.3 Å². The molecular formula is C15H17N3O3S. The number of rotatable bonds is 6. The quantitative estimate of drug-likeness (QED) is 0.756. The van der Waals surface area contributed by atoms with Gasteiger partial charge in [-0.25, -0.2) is 9.50 Å². The van der Waals surface area contributed by atoms with E-state index in [1.165, 1.54) is 11.3 Å². The molecule has 6 nitrogen and oxygen atoms in total. The van der Waals surface area contributed by atoms with Gasteiger partial charge < -0.3 is 14.6 Å². The summed E-state index contributed by atoms with van der Waals surface area (Å²) in [6.45, 7) is 4.75. The normalized spacial score (nSPS) is 11.0. The van der Waals surface area contributed by atoms with Crippen molar-refractivity contribution in [2.75, 3.05) is 6.61 Å². The standard InChI is InChI=1S/C15H17N3O3S/c1-3-20-11-4-6-12(7-5-11)21-9-14-17-18-13(8-19)10(2)16-15(18)22-14/h4-7,19H,3,8-9H2,1-2H3. The fourth-order valence-corrected chi connectivity index (χ4v) is 2.99. The zero-order valence-electron chi connectivity index (χ0n) is 12.4. The average Bonchev–Trinajstić information content (AvgIpc) is 3.02. The highest BCUT2D eigenvalue weighted by Crippen LogP contribution is 2.22. The Kier molecular flexibility index (Phi) is 4.26. The molecule has 0 aliphatic rings. The highest BCUT2D eigenvalue weighted by Gasteiger charge is 2.13. The van der Waals surface area contributed by atoms with E-state index in [0.29, 0.717) is 13.2 Å². The zero-order valence-corrected chi connectivity index (χ0v) is 13.3. The average molecular weight is 319 g/mol. The maximum absolute atomic E-state index is 9.35. The Morgan fingerprint density at radius 1 is 1.18 bits per heavy atom. The highest BCUT2D eigenvalue weighted by molar-refractivity contribution is 7.16. The molecule has 1 N–H and O–H groups in total. The predicted octanol–water partition coefficient (Wildman–Crippen LogP) is 2.57.